The first-order valence-electron chi connectivity index (χ1n) is 35.0. The number of para-hydroxylation sites is 2. The molecule has 0 N–H and O–H groups in total. The third kappa shape index (κ3) is 10.5. The van der Waals surface area contributed by atoms with Crippen LogP contribution in [0.3, 0.4) is 0 Å². The van der Waals surface area contributed by atoms with Crippen LogP contribution in [-0.2, 0) is 0 Å². The predicted molar refractivity (Wildman–Crippen MR) is 439 cm³/mol. The molecule has 8 heteroatoms. The normalized spacial score (nSPS) is 11.7. The molecule has 6 aromatic heterocycles. The lowest BCUT2D eigenvalue weighted by molar-refractivity contribution is 1.18. The van der Waals surface area contributed by atoms with Crippen LogP contribution in [0.1, 0.15) is 0 Å². The van der Waals surface area contributed by atoms with Crippen LogP contribution in [0.25, 0.3) is 207 Å². The molecule has 0 saturated carbocycles. The van der Waals surface area contributed by atoms with Gasteiger partial charge in [0.05, 0.1) is 45.2 Å². The van der Waals surface area contributed by atoms with Gasteiger partial charge in [-0.25, -0.2) is 29.9 Å². The molecule has 0 radical (unpaired) electrons. The van der Waals surface area contributed by atoms with Gasteiger partial charge >= 0.3 is 0 Å². The second kappa shape index (κ2) is 25.4. The summed E-state index contributed by atoms with van der Waals surface area (Å²) in [5.41, 5.74) is 17.9. The summed E-state index contributed by atoms with van der Waals surface area (Å²) >= 11 is 3.68. The van der Waals surface area contributed by atoms with Crippen LogP contribution in [0.2, 0.25) is 0 Å². The summed E-state index contributed by atoms with van der Waals surface area (Å²) in [5, 5.41) is 16.8. The van der Waals surface area contributed by atoms with Gasteiger partial charge in [-0.2, -0.15) is 0 Å². The standard InChI is InChI=1S/C51H31N3S.C45H27N3S/c1-3-14-32(15-4-1)33-26-28-35(29-27-33)51-52-44(34-16-5-2-6-17-34)31-45(53-51)40-23-13-24-42-48(40)54-49(47-41-22-11-12-25-46(41)55-50(42)47)43-30-36-18-7-8-19-37(36)38-20-9-10-21-39(38)43;1-3-14-28(15-4-1)38-27-39(47-45(46-38)29-16-5-2-6-17-29)34-23-13-24-36-42(34)48-43(41-35-22-11-12-25-40(35)49-44(36)41)37-26-30-18-7-8-19-31(30)32-20-9-10-21-33(32)37/h1-31H;1-27H. The molecule has 21 rings (SSSR count). The van der Waals surface area contributed by atoms with Crippen molar-refractivity contribution in [3.63, 3.8) is 0 Å². The number of aromatic nitrogens is 6. The zero-order chi connectivity index (χ0) is 68.6. The minimum atomic E-state index is 0.677. The van der Waals surface area contributed by atoms with Crippen molar-refractivity contribution in [3.05, 3.63) is 352 Å². The number of hydrogen-bond acceptors (Lipinski definition) is 8. The number of pyridine rings is 2. The van der Waals surface area contributed by atoms with Gasteiger partial charge in [0.15, 0.2) is 11.6 Å². The minimum Gasteiger partial charge on any atom is -0.246 e. The Balaban J connectivity index is 0.000000139. The molecule has 0 saturated heterocycles. The predicted octanol–water partition coefficient (Wildman–Crippen LogP) is 26.4. The lowest BCUT2D eigenvalue weighted by Crippen LogP contribution is -1.98. The molecule has 0 fully saturated rings. The SMILES string of the molecule is c1ccc(-c2cc(-c3cccc4c3nc(-c3cc5ccccc5c5ccccc35)c3c5ccccc5sc43)nc(-c3ccccc3)n2)cc1.c1ccc(-c2ccc(-c3nc(-c4ccccc4)cc(-c4cccc5c4nc(-c4cc6ccccc6c6ccccc46)c4c6ccccc6sc54)n3)cc2)cc1. The number of rotatable bonds is 9. The van der Waals surface area contributed by atoms with E-state index < -0.39 is 0 Å². The highest BCUT2D eigenvalue weighted by atomic mass is 32.1. The fourth-order valence-corrected chi connectivity index (χ4v) is 17.7. The molecule has 0 amide bonds. The van der Waals surface area contributed by atoms with Crippen LogP contribution >= 0.6 is 22.7 Å². The highest BCUT2D eigenvalue weighted by Crippen LogP contribution is 2.50. The monoisotopic (exact) mass is 1360 g/mol. The second-order valence-electron chi connectivity index (χ2n) is 26.3. The van der Waals surface area contributed by atoms with E-state index in [1.165, 1.54) is 89.0 Å². The number of thiophene rings is 2. The first-order valence-corrected chi connectivity index (χ1v) is 36.6. The van der Waals surface area contributed by atoms with Gasteiger partial charge in [-0.3, -0.25) is 0 Å². The molecule has 0 spiro atoms. The maximum Gasteiger partial charge on any atom is 0.160 e. The molecule has 6 nitrogen and oxygen atoms in total. The van der Waals surface area contributed by atoms with E-state index >= 15 is 0 Å². The molecule has 484 valence electrons. The average molecular weight is 1360 g/mol. The van der Waals surface area contributed by atoms with Crippen molar-refractivity contribution in [1.82, 2.24) is 29.9 Å². The number of fused-ring (bicyclic) bond motifs is 16. The molecule has 15 aromatic carbocycles. The molecule has 0 aliphatic carbocycles. The topological polar surface area (TPSA) is 77.3 Å². The number of benzene rings is 15. The Bertz CT molecular complexity index is 6900. The molecule has 0 unspecified atom stereocenters. The first kappa shape index (κ1) is 60.7. The van der Waals surface area contributed by atoms with E-state index in [4.69, 9.17) is 29.9 Å². The number of hydrogen-bond donors (Lipinski definition) is 0. The molecule has 0 bridgehead atoms. The Labute approximate surface area is 606 Å². The summed E-state index contributed by atoms with van der Waals surface area (Å²) in [4.78, 5) is 32.2. The van der Waals surface area contributed by atoms with Crippen molar-refractivity contribution < 1.29 is 0 Å². The third-order valence-electron chi connectivity index (χ3n) is 20.1. The van der Waals surface area contributed by atoms with E-state index in [2.05, 4.69) is 315 Å². The molecule has 104 heavy (non-hydrogen) atoms. The Morgan fingerprint density at radius 2 is 0.510 bits per heavy atom. The van der Waals surface area contributed by atoms with Gasteiger partial charge in [0.1, 0.15) is 0 Å². The lowest BCUT2D eigenvalue weighted by Gasteiger charge is -2.15. The summed E-state index contributed by atoms with van der Waals surface area (Å²) in [7, 11) is 0. The van der Waals surface area contributed by atoms with Gasteiger partial charge in [0.25, 0.3) is 0 Å². The van der Waals surface area contributed by atoms with Gasteiger partial charge in [0, 0.05) is 95.6 Å². The molecule has 0 aliphatic heterocycles. The van der Waals surface area contributed by atoms with Crippen LogP contribution in [0.15, 0.2) is 352 Å². The van der Waals surface area contributed by atoms with Crippen molar-refractivity contribution in [1.29, 1.82) is 0 Å². The Morgan fingerprint density at radius 3 is 0.952 bits per heavy atom. The second-order valence-corrected chi connectivity index (χ2v) is 28.4. The zero-order valence-corrected chi connectivity index (χ0v) is 57.6. The van der Waals surface area contributed by atoms with Gasteiger partial charge in [-0.1, -0.05) is 315 Å². The lowest BCUT2D eigenvalue weighted by atomic mass is 9.93. The van der Waals surface area contributed by atoms with Crippen LogP contribution in [-0.4, -0.2) is 29.9 Å². The van der Waals surface area contributed by atoms with Crippen LogP contribution in [0.4, 0.5) is 0 Å². The van der Waals surface area contributed by atoms with Crippen molar-refractivity contribution in [2.24, 2.45) is 0 Å². The molecule has 21 aromatic rings. The van der Waals surface area contributed by atoms with Crippen LogP contribution < -0.4 is 0 Å². The van der Waals surface area contributed by atoms with Gasteiger partial charge in [0.2, 0.25) is 0 Å². The maximum atomic E-state index is 5.73. The molecule has 0 aliphatic rings. The maximum absolute atomic E-state index is 5.73. The van der Waals surface area contributed by atoms with E-state index in [1.54, 1.807) is 0 Å². The highest BCUT2D eigenvalue weighted by molar-refractivity contribution is 7.27. The van der Waals surface area contributed by atoms with Crippen molar-refractivity contribution >= 4 is 128 Å². The molecular formula is C96H58N6S2. The molecule has 0 atom stereocenters. The summed E-state index contributed by atoms with van der Waals surface area (Å²) in [6.07, 6.45) is 0. The summed E-state index contributed by atoms with van der Waals surface area (Å²) in [6.45, 7) is 0. The Hall–Kier alpha value is -13.2. The van der Waals surface area contributed by atoms with Gasteiger partial charge < -0.3 is 0 Å². The largest absolute Gasteiger partial charge is 0.246 e. The first-order chi connectivity index (χ1) is 51.6. The van der Waals surface area contributed by atoms with E-state index in [9.17, 15) is 0 Å². The summed E-state index contributed by atoms with van der Waals surface area (Å²) in [5.74, 6) is 1.37. The van der Waals surface area contributed by atoms with E-state index in [0.717, 1.165) is 106 Å². The Kier molecular flexibility index (Phi) is 14.8. The number of nitrogens with zero attached hydrogens (tertiary/aromatic N) is 6. The van der Waals surface area contributed by atoms with Gasteiger partial charge in [-0.05, 0) is 90.6 Å². The van der Waals surface area contributed by atoms with Gasteiger partial charge in [-0.15, -0.1) is 22.7 Å². The summed E-state index contributed by atoms with van der Waals surface area (Å²) < 4.78 is 4.97. The molecular weight excluding hydrogens is 1300 g/mol. The highest BCUT2D eigenvalue weighted by Gasteiger charge is 2.25. The van der Waals surface area contributed by atoms with E-state index in [1.807, 2.05) is 59.1 Å². The smallest absolute Gasteiger partial charge is 0.160 e. The zero-order valence-electron chi connectivity index (χ0n) is 56.0. The molecule has 6 heterocycles. The van der Waals surface area contributed by atoms with Crippen molar-refractivity contribution in [2.75, 3.05) is 0 Å². The summed E-state index contributed by atoms with van der Waals surface area (Å²) in [6, 6.07) is 124. The quantitative estimate of drug-likeness (QED) is 0.134. The fourth-order valence-electron chi connectivity index (χ4n) is 15.2. The van der Waals surface area contributed by atoms with E-state index in [0.29, 0.717) is 11.6 Å². The fraction of sp³-hybridized carbons (Fsp3) is 0. The van der Waals surface area contributed by atoms with E-state index in [-0.39, 0.29) is 0 Å². The van der Waals surface area contributed by atoms with Crippen LogP contribution in [0, 0.1) is 0 Å². The van der Waals surface area contributed by atoms with Crippen molar-refractivity contribution in [2.45, 2.75) is 0 Å². The average Bonchev–Trinajstić information content (AvgIpc) is 1.47. The minimum absolute atomic E-state index is 0.677. The van der Waals surface area contributed by atoms with Crippen molar-refractivity contribution in [3.8, 4) is 101 Å². The Morgan fingerprint density at radius 1 is 0.192 bits per heavy atom. The third-order valence-corrected chi connectivity index (χ3v) is 22.6. The van der Waals surface area contributed by atoms with Crippen LogP contribution in [0.5, 0.6) is 0 Å².